The maximum atomic E-state index is 11.5. The minimum absolute atomic E-state index is 0.0811. The van der Waals surface area contributed by atoms with Gasteiger partial charge in [0.15, 0.2) is 6.61 Å². The van der Waals surface area contributed by atoms with E-state index in [1.807, 2.05) is 37.3 Å². The molecular formula is C16H16N2O3. The summed E-state index contributed by atoms with van der Waals surface area (Å²) in [4.78, 5) is 11.5. The minimum Gasteiger partial charge on any atom is -0.484 e. The summed E-state index contributed by atoms with van der Waals surface area (Å²) in [7, 11) is 0. The van der Waals surface area contributed by atoms with Crippen molar-refractivity contribution >= 4 is 18.2 Å². The number of benzene rings is 1. The molecular weight excluding hydrogens is 268 g/mol. The molecule has 21 heavy (non-hydrogen) atoms. The highest BCUT2D eigenvalue weighted by atomic mass is 16.5. The van der Waals surface area contributed by atoms with E-state index in [2.05, 4.69) is 10.5 Å². The second-order valence-electron chi connectivity index (χ2n) is 4.29. The van der Waals surface area contributed by atoms with Crippen molar-refractivity contribution in [2.75, 3.05) is 6.61 Å². The van der Waals surface area contributed by atoms with Gasteiger partial charge in [-0.3, -0.25) is 4.79 Å². The Morgan fingerprint density at radius 2 is 2.14 bits per heavy atom. The van der Waals surface area contributed by atoms with Gasteiger partial charge in [0.1, 0.15) is 11.5 Å². The molecule has 0 fully saturated rings. The number of ether oxygens (including phenoxy) is 1. The van der Waals surface area contributed by atoms with Crippen LogP contribution in [-0.4, -0.2) is 18.7 Å². The highest BCUT2D eigenvalue weighted by Gasteiger charge is 2.00. The minimum atomic E-state index is -0.321. The van der Waals surface area contributed by atoms with E-state index < -0.39 is 0 Å². The first-order valence-corrected chi connectivity index (χ1v) is 6.45. The smallest absolute Gasteiger partial charge is 0.277 e. The van der Waals surface area contributed by atoms with E-state index in [1.54, 1.807) is 24.5 Å². The lowest BCUT2D eigenvalue weighted by Crippen LogP contribution is -2.24. The molecule has 0 bridgehead atoms. The molecule has 1 aromatic carbocycles. The van der Waals surface area contributed by atoms with E-state index in [0.717, 1.165) is 11.3 Å². The summed E-state index contributed by atoms with van der Waals surface area (Å²) in [6, 6.07) is 11.1. The Morgan fingerprint density at radius 3 is 2.86 bits per heavy atom. The fourth-order valence-electron chi connectivity index (χ4n) is 1.49. The molecule has 0 atom stereocenters. The van der Waals surface area contributed by atoms with Gasteiger partial charge < -0.3 is 9.15 Å². The summed E-state index contributed by atoms with van der Waals surface area (Å²) in [6.45, 7) is 1.91. The average molecular weight is 284 g/mol. The number of hydrogen-bond acceptors (Lipinski definition) is 4. The van der Waals surface area contributed by atoms with E-state index in [9.17, 15) is 4.79 Å². The number of allylic oxidation sites excluding steroid dienone is 1. The van der Waals surface area contributed by atoms with E-state index in [4.69, 9.17) is 9.15 Å². The SMILES string of the molecule is Cc1ccc(OCC(=O)N/N=C\C=C\c2ccco2)cc1. The summed E-state index contributed by atoms with van der Waals surface area (Å²) in [5.74, 6) is 1.05. The summed E-state index contributed by atoms with van der Waals surface area (Å²) < 4.78 is 10.4. The van der Waals surface area contributed by atoms with Gasteiger partial charge in [0, 0.05) is 6.21 Å². The van der Waals surface area contributed by atoms with Crippen molar-refractivity contribution in [1.82, 2.24) is 5.43 Å². The summed E-state index contributed by atoms with van der Waals surface area (Å²) in [5.41, 5.74) is 3.51. The molecule has 2 rings (SSSR count). The predicted octanol–water partition coefficient (Wildman–Crippen LogP) is 2.78. The Labute approximate surface area is 122 Å². The second kappa shape index (κ2) is 7.69. The lowest BCUT2D eigenvalue weighted by molar-refractivity contribution is -0.123. The fourth-order valence-corrected chi connectivity index (χ4v) is 1.49. The zero-order valence-corrected chi connectivity index (χ0v) is 11.7. The number of hydrogen-bond donors (Lipinski definition) is 1. The molecule has 108 valence electrons. The Morgan fingerprint density at radius 1 is 1.33 bits per heavy atom. The summed E-state index contributed by atoms with van der Waals surface area (Å²) in [5, 5.41) is 3.76. The molecule has 1 amide bonds. The maximum Gasteiger partial charge on any atom is 0.277 e. The number of hydrazone groups is 1. The van der Waals surface area contributed by atoms with Gasteiger partial charge in [0.2, 0.25) is 0 Å². The lowest BCUT2D eigenvalue weighted by atomic mass is 10.2. The Kier molecular flexibility index (Phi) is 5.34. The normalized spacial score (nSPS) is 11.1. The van der Waals surface area contributed by atoms with Crippen LogP contribution in [0.1, 0.15) is 11.3 Å². The number of furan rings is 1. The number of amides is 1. The molecule has 5 heteroatoms. The van der Waals surface area contributed by atoms with Crippen molar-refractivity contribution in [3.63, 3.8) is 0 Å². The van der Waals surface area contributed by atoms with Gasteiger partial charge in [0.25, 0.3) is 5.91 Å². The molecule has 0 aliphatic heterocycles. The molecule has 0 aliphatic rings. The van der Waals surface area contributed by atoms with Crippen LogP contribution in [0.25, 0.3) is 6.08 Å². The van der Waals surface area contributed by atoms with Crippen LogP contribution in [0.2, 0.25) is 0 Å². The second-order valence-corrected chi connectivity index (χ2v) is 4.29. The van der Waals surface area contributed by atoms with Gasteiger partial charge in [-0.2, -0.15) is 5.10 Å². The van der Waals surface area contributed by atoms with Crippen molar-refractivity contribution in [3.8, 4) is 5.75 Å². The van der Waals surface area contributed by atoms with Gasteiger partial charge in [-0.05, 0) is 43.3 Å². The monoisotopic (exact) mass is 284 g/mol. The van der Waals surface area contributed by atoms with Crippen LogP contribution in [0.15, 0.2) is 58.3 Å². The number of carbonyl (C=O) groups excluding carboxylic acids is 1. The number of carbonyl (C=O) groups is 1. The van der Waals surface area contributed by atoms with Crippen molar-refractivity contribution in [1.29, 1.82) is 0 Å². The van der Waals surface area contributed by atoms with Gasteiger partial charge in [-0.1, -0.05) is 17.7 Å². The molecule has 0 spiro atoms. The zero-order chi connectivity index (χ0) is 14.9. The van der Waals surface area contributed by atoms with Crippen LogP contribution in [0.5, 0.6) is 5.75 Å². The third kappa shape index (κ3) is 5.36. The quantitative estimate of drug-likeness (QED) is 0.655. The van der Waals surface area contributed by atoms with Crippen molar-refractivity contribution in [3.05, 3.63) is 60.1 Å². The highest BCUT2D eigenvalue weighted by molar-refractivity contribution is 5.81. The third-order valence-electron chi connectivity index (χ3n) is 2.54. The molecule has 2 aromatic rings. The Balaban J connectivity index is 1.68. The molecule has 0 aliphatic carbocycles. The molecule has 1 N–H and O–H groups in total. The van der Waals surface area contributed by atoms with Crippen LogP contribution in [-0.2, 0) is 4.79 Å². The maximum absolute atomic E-state index is 11.5. The molecule has 0 radical (unpaired) electrons. The van der Waals surface area contributed by atoms with Gasteiger partial charge >= 0.3 is 0 Å². The summed E-state index contributed by atoms with van der Waals surface area (Å²) in [6.07, 6.45) is 6.45. The number of nitrogens with one attached hydrogen (secondary N) is 1. The van der Waals surface area contributed by atoms with Crippen LogP contribution in [0.4, 0.5) is 0 Å². The largest absolute Gasteiger partial charge is 0.484 e. The lowest BCUT2D eigenvalue weighted by Gasteiger charge is -2.04. The van der Waals surface area contributed by atoms with Crippen LogP contribution < -0.4 is 10.2 Å². The van der Waals surface area contributed by atoms with Gasteiger partial charge in [-0.25, -0.2) is 5.43 Å². The number of rotatable bonds is 6. The van der Waals surface area contributed by atoms with E-state index in [1.165, 1.54) is 6.21 Å². The third-order valence-corrected chi connectivity index (χ3v) is 2.54. The standard InChI is InChI=1S/C16H16N2O3/c1-13-6-8-15(9-7-13)21-12-16(19)18-17-10-2-4-14-5-3-11-20-14/h2-11H,12H2,1H3,(H,18,19)/b4-2+,17-10-. The molecule has 0 saturated carbocycles. The molecule has 0 saturated heterocycles. The van der Waals surface area contributed by atoms with E-state index >= 15 is 0 Å². The van der Waals surface area contributed by atoms with Crippen LogP contribution in [0, 0.1) is 6.92 Å². The molecule has 1 heterocycles. The van der Waals surface area contributed by atoms with Crippen LogP contribution >= 0.6 is 0 Å². The average Bonchev–Trinajstić information content (AvgIpc) is 2.99. The van der Waals surface area contributed by atoms with Gasteiger partial charge in [0.05, 0.1) is 6.26 Å². The first-order valence-electron chi connectivity index (χ1n) is 6.45. The predicted molar refractivity (Wildman–Crippen MR) is 81.1 cm³/mol. The molecule has 0 unspecified atom stereocenters. The Hall–Kier alpha value is -2.82. The van der Waals surface area contributed by atoms with Crippen molar-refractivity contribution in [2.24, 2.45) is 5.10 Å². The van der Waals surface area contributed by atoms with E-state index in [0.29, 0.717) is 5.75 Å². The summed E-state index contributed by atoms with van der Waals surface area (Å²) >= 11 is 0. The number of aryl methyl sites for hydroxylation is 1. The van der Waals surface area contributed by atoms with E-state index in [-0.39, 0.29) is 12.5 Å². The van der Waals surface area contributed by atoms with Crippen molar-refractivity contribution in [2.45, 2.75) is 6.92 Å². The molecule has 5 nitrogen and oxygen atoms in total. The number of nitrogens with zero attached hydrogens (tertiary/aromatic N) is 1. The molecule has 1 aromatic heterocycles. The first-order chi connectivity index (χ1) is 10.2. The zero-order valence-electron chi connectivity index (χ0n) is 11.7. The fraction of sp³-hybridized carbons (Fsp3) is 0.125. The van der Waals surface area contributed by atoms with Crippen molar-refractivity contribution < 1.29 is 13.9 Å². The first kappa shape index (κ1) is 14.6. The Bertz CT molecular complexity index is 613. The van der Waals surface area contributed by atoms with Gasteiger partial charge in [-0.15, -0.1) is 0 Å². The van der Waals surface area contributed by atoms with Crippen LogP contribution in [0.3, 0.4) is 0 Å². The topological polar surface area (TPSA) is 63.8 Å². The highest BCUT2D eigenvalue weighted by Crippen LogP contribution is 2.10.